The molecule has 4 aliphatic rings. The predicted octanol–water partition coefficient (Wildman–Crippen LogP) is 8.66. The van der Waals surface area contributed by atoms with Gasteiger partial charge in [-0.2, -0.15) is 8.42 Å². The molecule has 5 heteroatoms. The van der Waals surface area contributed by atoms with Gasteiger partial charge in [-0.1, -0.05) is 77.0 Å². The van der Waals surface area contributed by atoms with E-state index in [0.29, 0.717) is 35.9 Å². The molecule has 0 heterocycles. The van der Waals surface area contributed by atoms with Gasteiger partial charge in [-0.25, -0.2) is 0 Å². The molecule has 0 radical (unpaired) electrons. The summed E-state index contributed by atoms with van der Waals surface area (Å²) < 4.78 is 31.8. The van der Waals surface area contributed by atoms with E-state index in [1.807, 2.05) is 19.1 Å². The van der Waals surface area contributed by atoms with Gasteiger partial charge in [-0.15, -0.1) is 0 Å². The Labute approximate surface area is 238 Å². The minimum Gasteiger partial charge on any atom is -0.299 e. The van der Waals surface area contributed by atoms with Gasteiger partial charge >= 0.3 is 0 Å². The van der Waals surface area contributed by atoms with Crippen LogP contribution in [0.1, 0.15) is 123 Å². The highest BCUT2D eigenvalue weighted by Gasteiger charge is 2.62. The second-order valence-corrected chi connectivity index (χ2v) is 15.8. The molecular formula is C34H52O4S. The number of carbonyl (C=O) groups excluding carboxylic acids is 1. The first-order chi connectivity index (χ1) is 18.6. The number of hydrogen-bond acceptors (Lipinski definition) is 4. The van der Waals surface area contributed by atoms with Crippen LogP contribution in [-0.2, 0) is 19.1 Å². The number of benzene rings is 1. The van der Waals surface area contributed by atoms with E-state index in [-0.39, 0.29) is 28.3 Å². The summed E-state index contributed by atoms with van der Waals surface area (Å²) in [6.45, 7) is 9.19. The van der Waals surface area contributed by atoms with Crippen molar-refractivity contribution in [2.45, 2.75) is 135 Å². The average molecular weight is 557 g/mol. The van der Waals surface area contributed by atoms with Gasteiger partial charge in [0.25, 0.3) is 10.1 Å². The molecule has 0 spiro atoms. The zero-order valence-electron chi connectivity index (χ0n) is 24.9. The van der Waals surface area contributed by atoms with Gasteiger partial charge in [0.2, 0.25) is 0 Å². The van der Waals surface area contributed by atoms with E-state index in [0.717, 1.165) is 30.7 Å². The molecule has 0 bridgehead atoms. The smallest absolute Gasteiger partial charge is 0.297 e. The number of Topliss-reactive ketones (excluding diaryl/α,β-unsaturated/α-hetero) is 1. The molecule has 0 unspecified atom stereocenters. The minimum absolute atomic E-state index is 0.116. The predicted molar refractivity (Wildman–Crippen MR) is 157 cm³/mol. The summed E-state index contributed by atoms with van der Waals surface area (Å²) in [6, 6.07) is 6.89. The Morgan fingerprint density at radius 3 is 2.28 bits per heavy atom. The molecule has 218 valence electrons. The quantitative estimate of drug-likeness (QED) is 0.214. The molecule has 0 aliphatic heterocycles. The van der Waals surface area contributed by atoms with Crippen molar-refractivity contribution in [1.82, 2.24) is 0 Å². The lowest BCUT2D eigenvalue weighted by molar-refractivity contribution is -0.159. The third-order valence-electron chi connectivity index (χ3n) is 12.1. The van der Waals surface area contributed by atoms with Gasteiger partial charge in [0.15, 0.2) is 0 Å². The van der Waals surface area contributed by atoms with Crippen LogP contribution in [0.4, 0.5) is 0 Å². The molecule has 0 saturated heterocycles. The van der Waals surface area contributed by atoms with Crippen LogP contribution in [0.3, 0.4) is 0 Å². The summed E-state index contributed by atoms with van der Waals surface area (Å²) in [4.78, 5) is 14.1. The van der Waals surface area contributed by atoms with Gasteiger partial charge in [0.05, 0.1) is 11.0 Å². The number of fused-ring (bicyclic) bond motifs is 5. The number of unbranched alkanes of at least 4 members (excludes halogenated alkanes) is 5. The summed E-state index contributed by atoms with van der Waals surface area (Å²) in [5.41, 5.74) is 1.47. The highest BCUT2D eigenvalue weighted by atomic mass is 32.2. The van der Waals surface area contributed by atoms with Crippen LogP contribution in [0.5, 0.6) is 0 Å². The highest BCUT2D eigenvalue weighted by Crippen LogP contribution is 2.67. The summed E-state index contributed by atoms with van der Waals surface area (Å²) in [5.74, 6) is 2.69. The van der Waals surface area contributed by atoms with Crippen molar-refractivity contribution in [2.75, 3.05) is 0 Å². The van der Waals surface area contributed by atoms with Crippen molar-refractivity contribution in [3.63, 3.8) is 0 Å². The molecular weight excluding hydrogens is 504 g/mol. The van der Waals surface area contributed by atoms with Crippen LogP contribution in [0.2, 0.25) is 0 Å². The van der Waals surface area contributed by atoms with E-state index in [1.165, 1.54) is 64.2 Å². The Morgan fingerprint density at radius 2 is 1.54 bits per heavy atom. The Balaban J connectivity index is 1.23. The topological polar surface area (TPSA) is 60.4 Å². The normalized spacial score (nSPS) is 38.2. The fraction of sp³-hybridized carbons (Fsp3) is 0.794. The highest BCUT2D eigenvalue weighted by molar-refractivity contribution is 7.86. The zero-order valence-corrected chi connectivity index (χ0v) is 25.7. The number of carbonyl (C=O) groups is 1. The third kappa shape index (κ3) is 5.65. The Morgan fingerprint density at radius 1 is 0.872 bits per heavy atom. The van der Waals surface area contributed by atoms with E-state index in [4.69, 9.17) is 4.18 Å². The molecule has 1 aromatic rings. The largest absolute Gasteiger partial charge is 0.299 e. The molecule has 1 aromatic carbocycles. The van der Waals surface area contributed by atoms with E-state index >= 15 is 0 Å². The molecule has 4 saturated carbocycles. The van der Waals surface area contributed by atoms with Crippen molar-refractivity contribution in [3.8, 4) is 0 Å². The minimum atomic E-state index is -3.80. The van der Waals surface area contributed by atoms with Crippen LogP contribution in [-0.4, -0.2) is 20.3 Å². The van der Waals surface area contributed by atoms with Gasteiger partial charge in [-0.3, -0.25) is 8.98 Å². The van der Waals surface area contributed by atoms with Crippen molar-refractivity contribution in [3.05, 3.63) is 29.8 Å². The van der Waals surface area contributed by atoms with Crippen LogP contribution in [0.25, 0.3) is 0 Å². The molecule has 39 heavy (non-hydrogen) atoms. The van der Waals surface area contributed by atoms with Gasteiger partial charge in [0, 0.05) is 12.3 Å². The number of rotatable bonds is 10. The van der Waals surface area contributed by atoms with E-state index in [9.17, 15) is 13.2 Å². The van der Waals surface area contributed by atoms with Crippen molar-refractivity contribution in [1.29, 1.82) is 0 Å². The molecule has 0 N–H and O–H groups in total. The number of ketones is 1. The summed E-state index contributed by atoms with van der Waals surface area (Å²) in [7, 11) is -3.80. The molecule has 0 amide bonds. The first-order valence-corrected chi connectivity index (χ1v) is 17.5. The Bertz CT molecular complexity index is 1110. The molecule has 4 fully saturated rings. The van der Waals surface area contributed by atoms with Crippen molar-refractivity contribution < 1.29 is 17.4 Å². The maximum Gasteiger partial charge on any atom is 0.297 e. The molecule has 4 aliphatic carbocycles. The summed E-state index contributed by atoms with van der Waals surface area (Å²) in [6.07, 6.45) is 17.1. The summed E-state index contributed by atoms with van der Waals surface area (Å²) >= 11 is 0. The average Bonchev–Trinajstić information content (AvgIpc) is 3.23. The van der Waals surface area contributed by atoms with Gasteiger partial charge < -0.3 is 0 Å². The number of hydrogen-bond donors (Lipinski definition) is 0. The SMILES string of the molecule is CCCCCCCC[C@H]1CC[C@@H]2[C@H]3C(=O)C[C@H]4C[C@@H](OS(=O)(=O)c5ccc(C)cc5)CC[C@]4(C)[C@@H]3CC[C@]12C. The Hall–Kier alpha value is -1.20. The molecule has 5 rings (SSSR count). The second-order valence-electron chi connectivity index (χ2n) is 14.2. The lowest BCUT2D eigenvalue weighted by Gasteiger charge is -2.60. The van der Waals surface area contributed by atoms with E-state index < -0.39 is 10.1 Å². The molecule has 4 nitrogen and oxygen atoms in total. The van der Waals surface area contributed by atoms with E-state index in [2.05, 4.69) is 20.8 Å². The Kier molecular flexibility index (Phi) is 8.70. The number of aryl methyl sites for hydroxylation is 1. The van der Waals surface area contributed by atoms with Crippen LogP contribution < -0.4 is 0 Å². The fourth-order valence-electron chi connectivity index (χ4n) is 9.67. The maximum atomic E-state index is 13.9. The van der Waals surface area contributed by atoms with Crippen LogP contribution in [0.15, 0.2) is 29.2 Å². The maximum absolute atomic E-state index is 13.9. The van der Waals surface area contributed by atoms with Gasteiger partial charge in [-0.05, 0) is 105 Å². The van der Waals surface area contributed by atoms with E-state index in [1.54, 1.807) is 12.1 Å². The molecule has 0 aromatic heterocycles. The fourth-order valence-corrected chi connectivity index (χ4v) is 10.8. The second kappa shape index (κ2) is 11.6. The lowest BCUT2D eigenvalue weighted by Crippen LogP contribution is -2.57. The summed E-state index contributed by atoms with van der Waals surface area (Å²) in [5, 5.41) is 0. The molecule has 8 atom stereocenters. The van der Waals surface area contributed by atoms with Crippen molar-refractivity contribution in [2.24, 2.45) is 40.4 Å². The zero-order chi connectivity index (χ0) is 27.8. The monoisotopic (exact) mass is 556 g/mol. The van der Waals surface area contributed by atoms with Crippen LogP contribution >= 0.6 is 0 Å². The van der Waals surface area contributed by atoms with Crippen molar-refractivity contribution >= 4 is 15.9 Å². The third-order valence-corrected chi connectivity index (χ3v) is 13.5. The van der Waals surface area contributed by atoms with Crippen LogP contribution in [0, 0.1) is 47.3 Å². The first kappa shape index (κ1) is 29.3. The van der Waals surface area contributed by atoms with Gasteiger partial charge in [0.1, 0.15) is 5.78 Å². The first-order valence-electron chi connectivity index (χ1n) is 16.1. The standard InChI is InChI=1S/C34H52O4S/c1-5-6-7-8-9-10-11-25-14-17-29-32-30(19-21-33(25,29)3)34(4)20-18-27(22-26(34)23-31(32)35)38-39(36,37)28-15-12-24(2)13-16-28/h12-13,15-16,25-27,29-30,32H,5-11,14,17-23H2,1-4H3/t25-,26+,27-,29+,30+,32+,33+,34-/m0/s1. The lowest BCUT2D eigenvalue weighted by atomic mass is 9.44.